The molecule has 0 atom stereocenters. The Labute approximate surface area is 118 Å². The molecule has 6 nitrogen and oxygen atoms in total. The highest BCUT2D eigenvalue weighted by Crippen LogP contribution is 2.20. The maximum absolute atomic E-state index is 11.5. The van der Waals surface area contributed by atoms with Crippen molar-refractivity contribution in [2.75, 3.05) is 5.32 Å². The molecule has 0 spiro atoms. The van der Waals surface area contributed by atoms with Crippen molar-refractivity contribution in [1.29, 1.82) is 0 Å². The number of imide groups is 1. The first-order valence-corrected chi connectivity index (χ1v) is 6.26. The van der Waals surface area contributed by atoms with E-state index in [1.807, 2.05) is 19.1 Å². The van der Waals surface area contributed by atoms with Crippen LogP contribution in [0.3, 0.4) is 0 Å². The van der Waals surface area contributed by atoms with E-state index in [0.29, 0.717) is 5.69 Å². The van der Waals surface area contributed by atoms with Gasteiger partial charge in [-0.1, -0.05) is 22.0 Å². The Balaban J connectivity index is 2.53. The van der Waals surface area contributed by atoms with Crippen molar-refractivity contribution in [3.05, 3.63) is 28.2 Å². The van der Waals surface area contributed by atoms with Gasteiger partial charge in [0.1, 0.15) is 0 Å². The molecule has 0 heterocycles. The molecule has 0 aliphatic rings. The molecule has 1 rings (SSSR count). The number of anilines is 1. The van der Waals surface area contributed by atoms with Gasteiger partial charge in [-0.15, -0.1) is 0 Å². The van der Waals surface area contributed by atoms with Gasteiger partial charge in [-0.05, 0) is 24.6 Å². The number of benzene rings is 1. The van der Waals surface area contributed by atoms with Crippen LogP contribution in [0.15, 0.2) is 22.7 Å². The average molecular weight is 329 g/mol. The molecule has 0 bridgehead atoms. The Hall–Kier alpha value is -1.89. The van der Waals surface area contributed by atoms with E-state index < -0.39 is 17.9 Å². The molecule has 19 heavy (non-hydrogen) atoms. The van der Waals surface area contributed by atoms with Crippen molar-refractivity contribution >= 4 is 39.5 Å². The van der Waals surface area contributed by atoms with E-state index in [-0.39, 0.29) is 12.8 Å². The van der Waals surface area contributed by atoms with Crippen LogP contribution in [0.25, 0.3) is 0 Å². The highest BCUT2D eigenvalue weighted by molar-refractivity contribution is 9.10. The maximum atomic E-state index is 11.5. The molecular weight excluding hydrogens is 316 g/mol. The Bertz CT molecular complexity index is 516. The highest BCUT2D eigenvalue weighted by atomic mass is 79.9. The maximum Gasteiger partial charge on any atom is 0.325 e. The number of hydrogen-bond donors (Lipinski definition) is 3. The van der Waals surface area contributed by atoms with Gasteiger partial charge in [0.05, 0.1) is 6.42 Å². The monoisotopic (exact) mass is 328 g/mol. The van der Waals surface area contributed by atoms with Crippen LogP contribution in [-0.2, 0) is 9.59 Å². The van der Waals surface area contributed by atoms with Gasteiger partial charge in [-0.2, -0.15) is 0 Å². The summed E-state index contributed by atoms with van der Waals surface area (Å²) in [6.07, 6.45) is -0.546. The zero-order chi connectivity index (χ0) is 14.4. The standard InChI is InChI=1S/C12H13BrN2O4/c1-7-2-3-8(13)6-9(7)14-12(19)15-10(16)4-5-11(17)18/h2-3,6H,4-5H2,1H3,(H,17,18)(H2,14,15,16,19). The van der Waals surface area contributed by atoms with Crippen LogP contribution in [0, 0.1) is 6.92 Å². The van der Waals surface area contributed by atoms with Gasteiger partial charge in [-0.3, -0.25) is 14.9 Å². The first-order chi connectivity index (χ1) is 8.88. The lowest BCUT2D eigenvalue weighted by molar-refractivity contribution is -0.138. The fourth-order valence-electron chi connectivity index (χ4n) is 1.29. The molecule has 0 unspecified atom stereocenters. The number of hydrogen-bond acceptors (Lipinski definition) is 3. The Morgan fingerprint density at radius 3 is 2.58 bits per heavy atom. The molecule has 0 fully saturated rings. The minimum Gasteiger partial charge on any atom is -0.481 e. The summed E-state index contributed by atoms with van der Waals surface area (Å²) in [4.78, 5) is 33.1. The molecule has 0 saturated carbocycles. The SMILES string of the molecule is Cc1ccc(Br)cc1NC(=O)NC(=O)CCC(=O)O. The number of rotatable bonds is 4. The van der Waals surface area contributed by atoms with Gasteiger partial charge >= 0.3 is 12.0 Å². The number of urea groups is 1. The van der Waals surface area contributed by atoms with Crippen LogP contribution >= 0.6 is 15.9 Å². The third kappa shape index (κ3) is 5.52. The van der Waals surface area contributed by atoms with Crippen molar-refractivity contribution in [3.8, 4) is 0 Å². The van der Waals surface area contributed by atoms with E-state index >= 15 is 0 Å². The van der Waals surface area contributed by atoms with Gasteiger partial charge in [0.15, 0.2) is 0 Å². The van der Waals surface area contributed by atoms with Gasteiger partial charge in [-0.25, -0.2) is 4.79 Å². The molecule has 0 saturated heterocycles. The van der Waals surface area contributed by atoms with Crippen LogP contribution < -0.4 is 10.6 Å². The normalized spacial score (nSPS) is 9.79. The molecule has 102 valence electrons. The average Bonchev–Trinajstić information content (AvgIpc) is 2.31. The van der Waals surface area contributed by atoms with Crippen molar-refractivity contribution < 1.29 is 19.5 Å². The van der Waals surface area contributed by atoms with Crippen LogP contribution in [0.2, 0.25) is 0 Å². The zero-order valence-electron chi connectivity index (χ0n) is 10.2. The fourth-order valence-corrected chi connectivity index (χ4v) is 1.65. The predicted octanol–water partition coefficient (Wildman–Crippen LogP) is 2.27. The molecule has 0 radical (unpaired) electrons. The summed E-state index contributed by atoms with van der Waals surface area (Å²) >= 11 is 3.27. The lowest BCUT2D eigenvalue weighted by Crippen LogP contribution is -2.34. The minimum atomic E-state index is -1.08. The molecule has 3 N–H and O–H groups in total. The van der Waals surface area contributed by atoms with Crippen LogP contribution in [-0.4, -0.2) is 23.0 Å². The van der Waals surface area contributed by atoms with Crippen LogP contribution in [0.4, 0.5) is 10.5 Å². The van der Waals surface area contributed by atoms with Crippen molar-refractivity contribution in [1.82, 2.24) is 5.32 Å². The van der Waals surface area contributed by atoms with Crippen molar-refractivity contribution in [3.63, 3.8) is 0 Å². The van der Waals surface area contributed by atoms with Gasteiger partial charge in [0.2, 0.25) is 5.91 Å². The Morgan fingerprint density at radius 2 is 1.95 bits per heavy atom. The summed E-state index contributed by atoms with van der Waals surface area (Å²) in [5, 5.41) is 13.0. The molecule has 0 aliphatic carbocycles. The van der Waals surface area contributed by atoms with Gasteiger partial charge in [0.25, 0.3) is 0 Å². The number of halogens is 1. The summed E-state index contributed by atoms with van der Waals surface area (Å²) in [6.45, 7) is 1.81. The van der Waals surface area contributed by atoms with Crippen LogP contribution in [0.5, 0.6) is 0 Å². The number of carbonyl (C=O) groups excluding carboxylic acids is 2. The molecular formula is C12H13BrN2O4. The summed E-state index contributed by atoms with van der Waals surface area (Å²) in [7, 11) is 0. The fraction of sp³-hybridized carbons (Fsp3) is 0.250. The largest absolute Gasteiger partial charge is 0.481 e. The molecule has 0 aromatic heterocycles. The minimum absolute atomic E-state index is 0.236. The quantitative estimate of drug-likeness (QED) is 0.790. The van der Waals surface area contributed by atoms with E-state index in [1.54, 1.807) is 6.07 Å². The summed E-state index contributed by atoms with van der Waals surface area (Å²) in [6, 6.07) is 4.66. The zero-order valence-corrected chi connectivity index (χ0v) is 11.8. The molecule has 7 heteroatoms. The first-order valence-electron chi connectivity index (χ1n) is 5.47. The predicted molar refractivity (Wildman–Crippen MR) is 72.9 cm³/mol. The van der Waals surface area contributed by atoms with Crippen LogP contribution in [0.1, 0.15) is 18.4 Å². The number of aryl methyl sites for hydroxylation is 1. The number of carboxylic acid groups (broad SMARTS) is 1. The number of carboxylic acids is 1. The molecule has 3 amide bonds. The number of carbonyl (C=O) groups is 3. The molecule has 1 aromatic carbocycles. The van der Waals surface area contributed by atoms with Gasteiger partial charge < -0.3 is 10.4 Å². The summed E-state index contributed by atoms with van der Waals surface area (Å²) in [5.74, 6) is -1.72. The number of amides is 3. The van der Waals surface area contributed by atoms with Crippen molar-refractivity contribution in [2.24, 2.45) is 0 Å². The topological polar surface area (TPSA) is 95.5 Å². The Morgan fingerprint density at radius 1 is 1.26 bits per heavy atom. The molecule has 1 aromatic rings. The van der Waals surface area contributed by atoms with E-state index in [1.165, 1.54) is 0 Å². The van der Waals surface area contributed by atoms with E-state index in [4.69, 9.17) is 5.11 Å². The smallest absolute Gasteiger partial charge is 0.325 e. The number of nitrogens with one attached hydrogen (secondary N) is 2. The second-order valence-corrected chi connectivity index (χ2v) is 4.77. The molecule has 0 aliphatic heterocycles. The lowest BCUT2D eigenvalue weighted by atomic mass is 10.2. The lowest BCUT2D eigenvalue weighted by Gasteiger charge is -2.09. The third-order valence-corrected chi connectivity index (χ3v) is 2.76. The third-order valence-electron chi connectivity index (χ3n) is 2.27. The van der Waals surface area contributed by atoms with E-state index in [2.05, 4.69) is 26.6 Å². The summed E-state index contributed by atoms with van der Waals surface area (Å²) in [5.41, 5.74) is 1.41. The summed E-state index contributed by atoms with van der Waals surface area (Å²) < 4.78 is 0.797. The second kappa shape index (κ2) is 6.89. The van der Waals surface area contributed by atoms with E-state index in [9.17, 15) is 14.4 Å². The highest BCUT2D eigenvalue weighted by Gasteiger charge is 2.10. The first kappa shape index (κ1) is 15.2. The second-order valence-electron chi connectivity index (χ2n) is 3.86. The van der Waals surface area contributed by atoms with Gasteiger partial charge in [0, 0.05) is 16.6 Å². The number of aliphatic carboxylic acids is 1. The Kier molecular flexibility index (Phi) is 5.50. The van der Waals surface area contributed by atoms with Crippen molar-refractivity contribution in [2.45, 2.75) is 19.8 Å². The van der Waals surface area contributed by atoms with E-state index in [0.717, 1.165) is 10.0 Å².